The fourth-order valence-corrected chi connectivity index (χ4v) is 3.08. The lowest BCUT2D eigenvalue weighted by atomic mass is 10.2. The van der Waals surface area contributed by atoms with Gasteiger partial charge >= 0.3 is 5.69 Å². The van der Waals surface area contributed by atoms with Gasteiger partial charge in [-0.15, -0.1) is 0 Å². The second kappa shape index (κ2) is 7.78. The van der Waals surface area contributed by atoms with Crippen molar-refractivity contribution in [3.8, 4) is 5.75 Å². The zero-order valence-corrected chi connectivity index (χ0v) is 14.3. The van der Waals surface area contributed by atoms with Gasteiger partial charge in [0.1, 0.15) is 10.8 Å². The summed E-state index contributed by atoms with van der Waals surface area (Å²) < 4.78 is 5.17. The number of aromatic nitrogens is 2. The minimum atomic E-state index is -0.551. The van der Waals surface area contributed by atoms with Crippen LogP contribution in [0.5, 0.6) is 5.75 Å². The Hall–Kier alpha value is -2.61. The molecule has 1 aromatic heterocycles. The van der Waals surface area contributed by atoms with E-state index >= 15 is 0 Å². The minimum absolute atomic E-state index is 0.00816. The van der Waals surface area contributed by atoms with Crippen LogP contribution in [0.15, 0.2) is 34.1 Å². The second-order valence-corrected chi connectivity index (χ2v) is 5.90. The highest BCUT2D eigenvalue weighted by Crippen LogP contribution is 2.25. The third-order valence-electron chi connectivity index (χ3n) is 3.16. The van der Waals surface area contributed by atoms with E-state index in [0.29, 0.717) is 22.7 Å². The Balaban J connectivity index is 2.12. The summed E-state index contributed by atoms with van der Waals surface area (Å²) in [7, 11) is 1.52. The molecule has 0 radical (unpaired) electrons. The van der Waals surface area contributed by atoms with Gasteiger partial charge in [0.2, 0.25) is 5.91 Å². The van der Waals surface area contributed by atoms with Crippen LogP contribution in [0.3, 0.4) is 0 Å². The molecule has 1 heterocycles. The van der Waals surface area contributed by atoms with Crippen molar-refractivity contribution in [1.29, 1.82) is 0 Å². The molecule has 2 aromatic rings. The average molecular weight is 347 g/mol. The Morgan fingerprint density at radius 2 is 2.04 bits per heavy atom. The van der Waals surface area contributed by atoms with E-state index in [1.807, 2.05) is 0 Å². The molecule has 1 amide bonds. The molecule has 0 fully saturated rings. The molecule has 0 bridgehead atoms. The topological polar surface area (TPSA) is 101 Å². The van der Waals surface area contributed by atoms with Gasteiger partial charge in [-0.3, -0.25) is 9.59 Å². The van der Waals surface area contributed by atoms with E-state index in [2.05, 4.69) is 15.3 Å². The smallest absolute Gasteiger partial charge is 0.346 e. The van der Waals surface area contributed by atoms with Gasteiger partial charge in [-0.05, 0) is 26.0 Å². The first-order valence-electron chi connectivity index (χ1n) is 7.10. The quantitative estimate of drug-likeness (QED) is 0.471. The predicted octanol–water partition coefficient (Wildman–Crippen LogP) is 2.02. The van der Waals surface area contributed by atoms with E-state index in [0.717, 1.165) is 11.8 Å². The van der Waals surface area contributed by atoms with Crippen LogP contribution in [0, 0.1) is 6.92 Å². The van der Waals surface area contributed by atoms with E-state index in [1.54, 1.807) is 31.2 Å². The van der Waals surface area contributed by atoms with Crippen LogP contribution < -0.4 is 15.7 Å². The number of Topliss-reactive ketones (excluding diaryl/α,β-unsaturated/α-hetero) is 1. The van der Waals surface area contributed by atoms with Crippen LogP contribution in [-0.4, -0.2) is 34.5 Å². The highest BCUT2D eigenvalue weighted by atomic mass is 32.2. The van der Waals surface area contributed by atoms with Gasteiger partial charge in [-0.2, -0.15) is 4.98 Å². The Morgan fingerprint density at radius 1 is 1.33 bits per heavy atom. The fraction of sp³-hybridized carbons (Fsp3) is 0.250. The minimum Gasteiger partial charge on any atom is -0.495 e. The molecule has 0 spiro atoms. The van der Waals surface area contributed by atoms with Crippen molar-refractivity contribution in [1.82, 2.24) is 9.97 Å². The number of nitrogens with zero attached hydrogens (tertiary/aromatic N) is 1. The molecule has 24 heavy (non-hydrogen) atoms. The molecule has 1 aromatic carbocycles. The lowest BCUT2D eigenvalue weighted by molar-refractivity contribution is -0.113. The maximum atomic E-state index is 12.1. The number of H-pyrrole nitrogens is 1. The summed E-state index contributed by atoms with van der Waals surface area (Å²) in [5.74, 6) is 0.0434. The lowest BCUT2D eigenvalue weighted by Gasteiger charge is -2.10. The first kappa shape index (κ1) is 17.7. The number of carbonyl (C=O) groups excluding carboxylic acids is 2. The van der Waals surface area contributed by atoms with Crippen molar-refractivity contribution >= 4 is 29.1 Å². The van der Waals surface area contributed by atoms with Gasteiger partial charge < -0.3 is 15.0 Å². The van der Waals surface area contributed by atoms with E-state index in [9.17, 15) is 14.4 Å². The van der Waals surface area contributed by atoms with Crippen molar-refractivity contribution in [3.63, 3.8) is 0 Å². The number of para-hydroxylation sites is 2. The van der Waals surface area contributed by atoms with Gasteiger partial charge in [0, 0.05) is 5.69 Å². The Labute approximate surface area is 142 Å². The Bertz CT molecular complexity index is 832. The molecule has 7 nitrogen and oxygen atoms in total. The van der Waals surface area contributed by atoms with Crippen molar-refractivity contribution in [2.24, 2.45) is 0 Å². The summed E-state index contributed by atoms with van der Waals surface area (Å²) in [5.41, 5.74) is 0.761. The van der Waals surface area contributed by atoms with Crippen LogP contribution >= 0.6 is 11.8 Å². The molecule has 0 aliphatic rings. The van der Waals surface area contributed by atoms with Crippen LogP contribution in [0.1, 0.15) is 23.0 Å². The lowest BCUT2D eigenvalue weighted by Crippen LogP contribution is -2.19. The highest BCUT2D eigenvalue weighted by Gasteiger charge is 2.16. The summed E-state index contributed by atoms with van der Waals surface area (Å²) >= 11 is 1.04. The monoisotopic (exact) mass is 347 g/mol. The maximum absolute atomic E-state index is 12.1. The highest BCUT2D eigenvalue weighted by molar-refractivity contribution is 8.00. The zero-order valence-electron chi connectivity index (χ0n) is 13.5. The molecule has 0 atom stereocenters. The molecular weight excluding hydrogens is 330 g/mol. The van der Waals surface area contributed by atoms with E-state index < -0.39 is 5.69 Å². The third kappa shape index (κ3) is 4.23. The number of carbonyl (C=O) groups is 2. The number of aryl methyl sites for hydroxylation is 1. The first-order chi connectivity index (χ1) is 11.4. The predicted molar refractivity (Wildman–Crippen MR) is 91.9 cm³/mol. The summed E-state index contributed by atoms with van der Waals surface area (Å²) in [6.07, 6.45) is 0. The zero-order chi connectivity index (χ0) is 17.7. The number of hydrogen-bond acceptors (Lipinski definition) is 6. The molecule has 0 aliphatic heterocycles. The van der Waals surface area contributed by atoms with Crippen molar-refractivity contribution in [2.75, 3.05) is 18.2 Å². The Morgan fingerprint density at radius 3 is 2.71 bits per heavy atom. The summed E-state index contributed by atoms with van der Waals surface area (Å²) in [4.78, 5) is 41.6. The maximum Gasteiger partial charge on any atom is 0.346 e. The van der Waals surface area contributed by atoms with E-state index in [4.69, 9.17) is 4.74 Å². The molecule has 0 saturated heterocycles. The molecule has 0 aliphatic carbocycles. The molecular formula is C16H17N3O4S. The number of anilines is 1. The molecule has 2 N–H and O–H groups in total. The average Bonchev–Trinajstić information content (AvgIpc) is 2.52. The van der Waals surface area contributed by atoms with Gasteiger partial charge in [-0.25, -0.2) is 4.79 Å². The molecule has 126 valence electrons. The second-order valence-electron chi connectivity index (χ2n) is 4.94. The number of hydrogen-bond donors (Lipinski definition) is 2. The number of methoxy groups -OCH3 is 1. The van der Waals surface area contributed by atoms with E-state index in [1.165, 1.54) is 14.0 Å². The SMILES string of the molecule is COc1ccccc1NC(=O)CSc1nc(=O)[nH]c(C)c1C(C)=O. The third-order valence-corrected chi connectivity index (χ3v) is 4.13. The number of ether oxygens (including phenoxy) is 1. The number of amides is 1. The van der Waals surface area contributed by atoms with Gasteiger partial charge in [-0.1, -0.05) is 23.9 Å². The largest absolute Gasteiger partial charge is 0.495 e. The normalized spacial score (nSPS) is 10.3. The van der Waals surface area contributed by atoms with Crippen LogP contribution in [0.2, 0.25) is 0 Å². The standard InChI is InChI=1S/C16H17N3O4S/c1-9-14(10(2)20)15(19-16(22)17-9)24-8-13(21)18-11-6-4-5-7-12(11)23-3/h4-7H,8H2,1-3H3,(H,18,21)(H,17,19,22). The van der Waals surface area contributed by atoms with Gasteiger partial charge in [0.25, 0.3) is 0 Å². The first-order valence-corrected chi connectivity index (χ1v) is 8.08. The van der Waals surface area contributed by atoms with Crippen LogP contribution in [-0.2, 0) is 4.79 Å². The van der Waals surface area contributed by atoms with Gasteiger partial charge in [0.05, 0.1) is 24.1 Å². The molecule has 8 heteroatoms. The van der Waals surface area contributed by atoms with Crippen LogP contribution in [0.4, 0.5) is 5.69 Å². The number of benzene rings is 1. The molecule has 0 unspecified atom stereocenters. The van der Waals surface area contributed by atoms with Crippen molar-refractivity contribution in [2.45, 2.75) is 18.9 Å². The summed E-state index contributed by atoms with van der Waals surface area (Å²) in [5, 5.41) is 2.98. The van der Waals surface area contributed by atoms with Crippen molar-refractivity contribution in [3.05, 3.63) is 46.0 Å². The number of rotatable bonds is 6. The Kier molecular flexibility index (Phi) is 5.75. The molecule has 0 saturated carbocycles. The number of ketones is 1. The molecule has 2 rings (SSSR count). The summed E-state index contributed by atoms with van der Waals surface area (Å²) in [6, 6.07) is 7.03. The van der Waals surface area contributed by atoms with Gasteiger partial charge in [0.15, 0.2) is 5.78 Å². The number of thioether (sulfide) groups is 1. The van der Waals surface area contributed by atoms with Crippen molar-refractivity contribution < 1.29 is 14.3 Å². The summed E-state index contributed by atoms with van der Waals surface area (Å²) in [6.45, 7) is 3.01. The number of aromatic amines is 1. The number of nitrogens with one attached hydrogen (secondary N) is 2. The van der Waals surface area contributed by atoms with E-state index in [-0.39, 0.29) is 22.5 Å². The van der Waals surface area contributed by atoms with Crippen LogP contribution in [0.25, 0.3) is 0 Å². The fourth-order valence-electron chi connectivity index (χ4n) is 2.15.